The summed E-state index contributed by atoms with van der Waals surface area (Å²) in [5.74, 6) is -0.855. The number of amides is 2. The molecule has 3 aromatic carbocycles. The van der Waals surface area contributed by atoms with Gasteiger partial charge in [0.05, 0.1) is 10.6 Å². The molecule has 0 spiro atoms. The van der Waals surface area contributed by atoms with Gasteiger partial charge >= 0.3 is 0 Å². The van der Waals surface area contributed by atoms with Crippen molar-refractivity contribution in [3.05, 3.63) is 93.9 Å². The highest BCUT2D eigenvalue weighted by Gasteiger charge is 2.32. The molecule has 36 heavy (non-hydrogen) atoms. The second kappa shape index (κ2) is 12.4. The average Bonchev–Trinajstić information content (AvgIpc) is 2.87. The predicted molar refractivity (Wildman–Crippen MR) is 145 cm³/mol. The molecule has 1 atom stereocenters. The van der Waals surface area contributed by atoms with Gasteiger partial charge in [-0.15, -0.1) is 0 Å². The Bertz CT molecular complexity index is 1290. The molecule has 0 radical (unpaired) electrons. The van der Waals surface area contributed by atoms with E-state index in [1.807, 2.05) is 0 Å². The maximum absolute atomic E-state index is 13.7. The zero-order valence-corrected chi connectivity index (χ0v) is 23.1. The lowest BCUT2D eigenvalue weighted by atomic mass is 10.1. The minimum absolute atomic E-state index is 0.0572. The topological polar surface area (TPSA) is 86.8 Å². The van der Waals surface area contributed by atoms with Crippen molar-refractivity contribution in [3.63, 3.8) is 0 Å². The molecule has 3 aromatic rings. The summed E-state index contributed by atoms with van der Waals surface area (Å²) in [7, 11) is -4.08. The molecule has 0 saturated carbocycles. The Hall–Kier alpha value is -2.88. The first-order valence-corrected chi connectivity index (χ1v) is 13.9. The Kier molecular flexibility index (Phi) is 9.53. The van der Waals surface area contributed by atoms with E-state index >= 15 is 0 Å². The minimum atomic E-state index is -4.08. The van der Waals surface area contributed by atoms with Crippen molar-refractivity contribution in [2.75, 3.05) is 17.4 Å². The van der Waals surface area contributed by atoms with E-state index in [4.69, 9.17) is 11.6 Å². The molecule has 7 nitrogen and oxygen atoms in total. The van der Waals surface area contributed by atoms with Gasteiger partial charge in [0.2, 0.25) is 11.8 Å². The first kappa shape index (κ1) is 27.7. The van der Waals surface area contributed by atoms with Gasteiger partial charge in [-0.2, -0.15) is 0 Å². The number of hydrogen-bond donors (Lipinski definition) is 1. The van der Waals surface area contributed by atoms with Gasteiger partial charge < -0.3 is 10.2 Å². The van der Waals surface area contributed by atoms with Gasteiger partial charge in [-0.05, 0) is 67.9 Å². The van der Waals surface area contributed by atoms with Crippen LogP contribution in [0, 0.1) is 0 Å². The fourth-order valence-corrected chi connectivity index (χ4v) is 5.37. The first-order chi connectivity index (χ1) is 17.1. The maximum atomic E-state index is 13.7. The molecule has 1 N–H and O–H groups in total. The third-order valence-electron chi connectivity index (χ3n) is 5.51. The van der Waals surface area contributed by atoms with Crippen LogP contribution < -0.4 is 9.62 Å². The molecule has 0 unspecified atom stereocenters. The maximum Gasteiger partial charge on any atom is 0.264 e. The molecule has 0 aliphatic rings. The van der Waals surface area contributed by atoms with Crippen LogP contribution in [0.15, 0.2) is 88.2 Å². The van der Waals surface area contributed by atoms with E-state index in [2.05, 4.69) is 21.2 Å². The molecule has 3 rings (SSSR count). The number of hydrogen-bond acceptors (Lipinski definition) is 4. The van der Waals surface area contributed by atoms with Crippen LogP contribution in [0.25, 0.3) is 0 Å². The Morgan fingerprint density at radius 1 is 0.972 bits per heavy atom. The summed E-state index contributed by atoms with van der Waals surface area (Å²) in [5, 5.41) is 3.28. The second-order valence-electron chi connectivity index (χ2n) is 8.02. The second-order valence-corrected chi connectivity index (χ2v) is 11.2. The van der Waals surface area contributed by atoms with Crippen LogP contribution in [0.5, 0.6) is 0 Å². The van der Waals surface area contributed by atoms with Crippen molar-refractivity contribution >= 4 is 55.1 Å². The molecule has 0 aliphatic heterocycles. The molecular weight excluding hydrogens is 566 g/mol. The number of halogens is 2. The third kappa shape index (κ3) is 6.87. The molecule has 0 saturated heterocycles. The molecule has 190 valence electrons. The SMILES string of the molecule is CCNC(=O)[C@H](C)N(Cc1ccc(Cl)cc1)C(=O)CN(c1ccc(Br)cc1)S(=O)(=O)c1ccccc1. The Balaban J connectivity index is 2.00. The quantitative estimate of drug-likeness (QED) is 0.365. The molecule has 0 aliphatic carbocycles. The third-order valence-corrected chi connectivity index (χ3v) is 8.08. The first-order valence-electron chi connectivity index (χ1n) is 11.3. The number of sulfonamides is 1. The van der Waals surface area contributed by atoms with Gasteiger partial charge in [0, 0.05) is 22.6 Å². The number of likely N-dealkylation sites (N-methyl/N-ethyl adjacent to an activating group) is 1. The number of nitrogens with one attached hydrogen (secondary N) is 1. The normalized spacial score (nSPS) is 12.0. The van der Waals surface area contributed by atoms with Crippen LogP contribution in [-0.2, 0) is 26.2 Å². The molecule has 0 fully saturated rings. The summed E-state index contributed by atoms with van der Waals surface area (Å²) >= 11 is 9.36. The molecule has 0 aromatic heterocycles. The molecule has 2 amide bonds. The largest absolute Gasteiger partial charge is 0.355 e. The van der Waals surface area contributed by atoms with E-state index in [1.54, 1.807) is 80.6 Å². The molecule has 0 heterocycles. The van der Waals surface area contributed by atoms with Gasteiger partial charge in [-0.1, -0.05) is 57.9 Å². The lowest BCUT2D eigenvalue weighted by Gasteiger charge is -2.32. The van der Waals surface area contributed by atoms with E-state index in [0.717, 1.165) is 14.3 Å². The fourth-order valence-electron chi connectivity index (χ4n) is 3.55. The van der Waals surface area contributed by atoms with Gasteiger partial charge in [0.15, 0.2) is 0 Å². The van der Waals surface area contributed by atoms with Crippen molar-refractivity contribution in [2.24, 2.45) is 0 Å². The van der Waals surface area contributed by atoms with Crippen LogP contribution in [0.2, 0.25) is 5.02 Å². The van der Waals surface area contributed by atoms with Gasteiger partial charge in [-0.3, -0.25) is 13.9 Å². The lowest BCUT2D eigenvalue weighted by Crippen LogP contribution is -2.51. The highest BCUT2D eigenvalue weighted by molar-refractivity contribution is 9.10. The van der Waals surface area contributed by atoms with E-state index < -0.39 is 28.5 Å². The zero-order chi connectivity index (χ0) is 26.3. The Morgan fingerprint density at radius 2 is 1.58 bits per heavy atom. The Morgan fingerprint density at radius 3 is 2.17 bits per heavy atom. The van der Waals surface area contributed by atoms with Crippen LogP contribution in [-0.4, -0.2) is 44.3 Å². The minimum Gasteiger partial charge on any atom is -0.355 e. The van der Waals surface area contributed by atoms with Crippen LogP contribution in [0.1, 0.15) is 19.4 Å². The summed E-state index contributed by atoms with van der Waals surface area (Å²) in [6, 6.07) is 20.7. The van der Waals surface area contributed by atoms with Crippen molar-refractivity contribution in [2.45, 2.75) is 31.3 Å². The predicted octanol–water partition coefficient (Wildman–Crippen LogP) is 4.85. The average molecular weight is 593 g/mol. The van der Waals surface area contributed by atoms with Crippen molar-refractivity contribution in [3.8, 4) is 0 Å². The zero-order valence-electron chi connectivity index (χ0n) is 19.9. The van der Waals surface area contributed by atoms with Gasteiger partial charge in [0.25, 0.3) is 10.0 Å². The highest BCUT2D eigenvalue weighted by atomic mass is 79.9. The summed E-state index contributed by atoms with van der Waals surface area (Å²) in [6.07, 6.45) is 0. The molecule has 0 bridgehead atoms. The highest BCUT2D eigenvalue weighted by Crippen LogP contribution is 2.26. The monoisotopic (exact) mass is 591 g/mol. The summed E-state index contributed by atoms with van der Waals surface area (Å²) < 4.78 is 29.1. The van der Waals surface area contributed by atoms with Crippen LogP contribution >= 0.6 is 27.5 Å². The number of carbonyl (C=O) groups is 2. The van der Waals surface area contributed by atoms with E-state index in [0.29, 0.717) is 17.3 Å². The van der Waals surface area contributed by atoms with Crippen molar-refractivity contribution in [1.29, 1.82) is 0 Å². The lowest BCUT2D eigenvalue weighted by molar-refractivity contribution is -0.139. The number of nitrogens with zero attached hydrogens (tertiary/aromatic N) is 2. The van der Waals surface area contributed by atoms with E-state index in [9.17, 15) is 18.0 Å². The fraction of sp³-hybridized carbons (Fsp3) is 0.231. The number of rotatable bonds is 10. The van der Waals surface area contributed by atoms with Crippen LogP contribution in [0.4, 0.5) is 5.69 Å². The van der Waals surface area contributed by atoms with Crippen molar-refractivity contribution in [1.82, 2.24) is 10.2 Å². The Labute approximate surface area is 225 Å². The smallest absolute Gasteiger partial charge is 0.264 e. The number of carbonyl (C=O) groups excluding carboxylic acids is 2. The van der Waals surface area contributed by atoms with Crippen molar-refractivity contribution < 1.29 is 18.0 Å². The van der Waals surface area contributed by atoms with Gasteiger partial charge in [0.1, 0.15) is 12.6 Å². The summed E-state index contributed by atoms with van der Waals surface area (Å²) in [6.45, 7) is 3.43. The van der Waals surface area contributed by atoms with Crippen LogP contribution in [0.3, 0.4) is 0 Å². The standard InChI is InChI=1S/C26H27BrClN3O4S/c1-3-29-26(33)19(2)30(17-20-9-13-22(28)14-10-20)25(32)18-31(23-15-11-21(27)12-16-23)36(34,35)24-7-5-4-6-8-24/h4-16,19H,3,17-18H2,1-2H3,(H,29,33)/t19-/m0/s1. The number of anilines is 1. The summed E-state index contributed by atoms with van der Waals surface area (Å²) in [5.41, 5.74) is 1.08. The molecule has 10 heteroatoms. The van der Waals surface area contributed by atoms with Gasteiger partial charge in [-0.25, -0.2) is 8.42 Å². The van der Waals surface area contributed by atoms with E-state index in [1.165, 1.54) is 17.0 Å². The summed E-state index contributed by atoms with van der Waals surface area (Å²) in [4.78, 5) is 27.8. The van der Waals surface area contributed by atoms with E-state index in [-0.39, 0.29) is 17.3 Å². The number of benzene rings is 3. The molecular formula is C26H27BrClN3O4S.